The van der Waals surface area contributed by atoms with Crippen LogP contribution in [0.2, 0.25) is 0 Å². The van der Waals surface area contributed by atoms with Gasteiger partial charge in [0.25, 0.3) is 0 Å². The van der Waals surface area contributed by atoms with Crippen molar-refractivity contribution >= 4 is 5.97 Å². The Balaban J connectivity index is 2.32. The number of benzene rings is 1. The Hall–Kier alpha value is -1.35. The van der Waals surface area contributed by atoms with Gasteiger partial charge in [0.15, 0.2) is 0 Å². The average molecular weight is 233 g/mol. The van der Waals surface area contributed by atoms with Crippen LogP contribution in [0.15, 0.2) is 30.3 Å². The van der Waals surface area contributed by atoms with Crippen LogP contribution in [0.25, 0.3) is 0 Å². The molecule has 3 heteroatoms. The minimum atomic E-state index is -0.669. The fourth-order valence-electron chi connectivity index (χ4n) is 2.77. The molecule has 2 atom stereocenters. The van der Waals surface area contributed by atoms with Gasteiger partial charge in [0.2, 0.25) is 0 Å². The molecule has 0 spiro atoms. The van der Waals surface area contributed by atoms with Crippen LogP contribution in [0.1, 0.15) is 31.4 Å². The van der Waals surface area contributed by atoms with E-state index in [1.165, 1.54) is 0 Å². The van der Waals surface area contributed by atoms with E-state index >= 15 is 0 Å². The van der Waals surface area contributed by atoms with Crippen molar-refractivity contribution in [1.82, 2.24) is 4.90 Å². The fraction of sp³-hybridized carbons (Fsp3) is 0.500. The zero-order chi connectivity index (χ0) is 12.3. The lowest BCUT2D eigenvalue weighted by atomic mass is 9.84. The summed E-state index contributed by atoms with van der Waals surface area (Å²) in [5.41, 5.74) is 1.13. The van der Waals surface area contributed by atoms with Crippen LogP contribution in [0.4, 0.5) is 0 Å². The van der Waals surface area contributed by atoms with Crippen LogP contribution in [0.5, 0.6) is 0 Å². The molecular weight excluding hydrogens is 214 g/mol. The summed E-state index contributed by atoms with van der Waals surface area (Å²) in [4.78, 5) is 13.6. The van der Waals surface area contributed by atoms with Gasteiger partial charge in [-0.3, -0.25) is 9.69 Å². The number of carboxylic acid groups (broad SMARTS) is 1. The van der Waals surface area contributed by atoms with Crippen molar-refractivity contribution in [2.24, 2.45) is 5.92 Å². The number of rotatable bonds is 3. The number of carbonyl (C=O) groups is 1. The van der Waals surface area contributed by atoms with Crippen molar-refractivity contribution in [2.75, 3.05) is 13.1 Å². The predicted octanol–water partition coefficient (Wildman–Crippen LogP) is 2.54. The summed E-state index contributed by atoms with van der Waals surface area (Å²) in [5, 5.41) is 9.36. The highest BCUT2D eigenvalue weighted by atomic mass is 16.4. The van der Waals surface area contributed by atoms with Crippen molar-refractivity contribution in [3.63, 3.8) is 0 Å². The van der Waals surface area contributed by atoms with Gasteiger partial charge in [-0.2, -0.15) is 0 Å². The summed E-state index contributed by atoms with van der Waals surface area (Å²) in [6.45, 7) is 4.00. The molecule has 0 aliphatic carbocycles. The Morgan fingerprint density at radius 1 is 1.41 bits per heavy atom. The highest BCUT2D eigenvalue weighted by Gasteiger charge is 2.36. The van der Waals surface area contributed by atoms with E-state index in [2.05, 4.69) is 11.8 Å². The molecule has 2 rings (SSSR count). The maximum atomic E-state index is 11.4. The Morgan fingerprint density at radius 2 is 2.12 bits per heavy atom. The molecule has 1 heterocycles. The lowest BCUT2D eigenvalue weighted by molar-refractivity contribution is -0.146. The fourth-order valence-corrected chi connectivity index (χ4v) is 2.77. The largest absolute Gasteiger partial charge is 0.481 e. The SMILES string of the molecule is CCN1CCC[C@H](C(=O)O)[C@H]1c1ccccc1. The first kappa shape index (κ1) is 12.1. The van der Waals surface area contributed by atoms with Gasteiger partial charge in [0.05, 0.1) is 5.92 Å². The molecule has 92 valence electrons. The first-order chi connectivity index (χ1) is 8.24. The minimum Gasteiger partial charge on any atom is -0.481 e. The molecule has 0 aromatic heterocycles. The molecule has 17 heavy (non-hydrogen) atoms. The predicted molar refractivity (Wildman–Crippen MR) is 66.8 cm³/mol. The molecule has 3 nitrogen and oxygen atoms in total. The van der Waals surface area contributed by atoms with Gasteiger partial charge in [-0.15, -0.1) is 0 Å². The van der Waals surface area contributed by atoms with Gasteiger partial charge >= 0.3 is 5.97 Å². The molecule has 0 saturated carbocycles. The van der Waals surface area contributed by atoms with Crippen molar-refractivity contribution in [3.8, 4) is 0 Å². The molecule has 0 unspecified atom stereocenters. The summed E-state index contributed by atoms with van der Waals surface area (Å²) in [5.74, 6) is -0.942. The van der Waals surface area contributed by atoms with E-state index < -0.39 is 5.97 Å². The second-order valence-electron chi connectivity index (χ2n) is 4.57. The minimum absolute atomic E-state index is 0.0347. The molecule has 1 aromatic rings. The Labute approximate surface area is 102 Å². The highest BCUT2D eigenvalue weighted by Crippen LogP contribution is 2.35. The molecular formula is C14H19NO2. The Morgan fingerprint density at radius 3 is 2.71 bits per heavy atom. The van der Waals surface area contributed by atoms with Gasteiger partial charge in [0.1, 0.15) is 0 Å². The number of piperidine rings is 1. The number of carboxylic acids is 1. The van der Waals surface area contributed by atoms with E-state index in [9.17, 15) is 9.90 Å². The molecule has 1 aliphatic heterocycles. The van der Waals surface area contributed by atoms with E-state index in [4.69, 9.17) is 0 Å². The van der Waals surface area contributed by atoms with Crippen LogP contribution in [0, 0.1) is 5.92 Å². The summed E-state index contributed by atoms with van der Waals surface area (Å²) in [6, 6.07) is 10.0. The van der Waals surface area contributed by atoms with Crippen LogP contribution in [0.3, 0.4) is 0 Å². The molecule has 1 aromatic carbocycles. The van der Waals surface area contributed by atoms with Crippen molar-refractivity contribution in [3.05, 3.63) is 35.9 Å². The lowest BCUT2D eigenvalue weighted by Crippen LogP contribution is -2.41. The molecule has 1 fully saturated rings. The van der Waals surface area contributed by atoms with E-state index in [0.29, 0.717) is 0 Å². The van der Waals surface area contributed by atoms with Gasteiger partial charge in [0, 0.05) is 6.04 Å². The molecule has 1 N–H and O–H groups in total. The first-order valence-corrected chi connectivity index (χ1v) is 6.26. The summed E-state index contributed by atoms with van der Waals surface area (Å²) in [6.07, 6.45) is 1.76. The van der Waals surface area contributed by atoms with Gasteiger partial charge < -0.3 is 5.11 Å². The quantitative estimate of drug-likeness (QED) is 0.872. The van der Waals surface area contributed by atoms with E-state index in [-0.39, 0.29) is 12.0 Å². The molecule has 0 radical (unpaired) electrons. The topological polar surface area (TPSA) is 40.5 Å². The average Bonchev–Trinajstić information content (AvgIpc) is 2.38. The third-order valence-electron chi connectivity index (χ3n) is 3.60. The maximum Gasteiger partial charge on any atom is 0.308 e. The second-order valence-corrected chi connectivity index (χ2v) is 4.57. The molecule has 1 saturated heterocycles. The number of hydrogen-bond acceptors (Lipinski definition) is 2. The monoisotopic (exact) mass is 233 g/mol. The summed E-state index contributed by atoms with van der Waals surface area (Å²) < 4.78 is 0. The highest BCUT2D eigenvalue weighted by molar-refractivity contribution is 5.71. The molecule has 0 amide bonds. The van der Waals surface area contributed by atoms with Crippen LogP contribution >= 0.6 is 0 Å². The van der Waals surface area contributed by atoms with Gasteiger partial charge in [-0.1, -0.05) is 37.3 Å². The number of likely N-dealkylation sites (tertiary alicyclic amines) is 1. The molecule has 0 bridgehead atoms. The molecule has 1 aliphatic rings. The normalized spacial score (nSPS) is 25.7. The lowest BCUT2D eigenvalue weighted by Gasteiger charge is -2.39. The number of hydrogen-bond donors (Lipinski definition) is 1. The Kier molecular flexibility index (Phi) is 3.79. The number of aliphatic carboxylic acids is 1. The zero-order valence-corrected chi connectivity index (χ0v) is 10.2. The summed E-state index contributed by atoms with van der Waals surface area (Å²) in [7, 11) is 0. The van der Waals surface area contributed by atoms with Gasteiger partial charge in [-0.05, 0) is 31.5 Å². The second kappa shape index (κ2) is 5.32. The van der Waals surface area contributed by atoms with Crippen LogP contribution in [-0.4, -0.2) is 29.1 Å². The maximum absolute atomic E-state index is 11.4. The van der Waals surface area contributed by atoms with Crippen molar-refractivity contribution in [2.45, 2.75) is 25.8 Å². The summed E-state index contributed by atoms with van der Waals surface area (Å²) >= 11 is 0. The Bertz CT molecular complexity index is 377. The van der Waals surface area contributed by atoms with E-state index in [1.807, 2.05) is 30.3 Å². The third kappa shape index (κ3) is 2.50. The number of nitrogens with zero attached hydrogens (tertiary/aromatic N) is 1. The van der Waals surface area contributed by atoms with Crippen molar-refractivity contribution in [1.29, 1.82) is 0 Å². The van der Waals surface area contributed by atoms with E-state index in [0.717, 1.165) is 31.5 Å². The van der Waals surface area contributed by atoms with Crippen molar-refractivity contribution < 1.29 is 9.90 Å². The van der Waals surface area contributed by atoms with Crippen LogP contribution < -0.4 is 0 Å². The standard InChI is InChI=1S/C14H19NO2/c1-2-15-10-6-9-12(14(16)17)13(15)11-7-4-3-5-8-11/h3-5,7-8,12-13H,2,6,9-10H2,1H3,(H,16,17)/t12-,13+/m0/s1. The van der Waals surface area contributed by atoms with Crippen LogP contribution in [-0.2, 0) is 4.79 Å². The zero-order valence-electron chi connectivity index (χ0n) is 10.2. The van der Waals surface area contributed by atoms with E-state index in [1.54, 1.807) is 0 Å². The van der Waals surface area contributed by atoms with Gasteiger partial charge in [-0.25, -0.2) is 0 Å². The smallest absolute Gasteiger partial charge is 0.308 e. The first-order valence-electron chi connectivity index (χ1n) is 6.26. The third-order valence-corrected chi connectivity index (χ3v) is 3.60.